The van der Waals surface area contributed by atoms with Crippen LogP contribution in [0.25, 0.3) is 0 Å². The molecule has 0 atom stereocenters. The largest absolute Gasteiger partial charge is 0.457 e. The van der Waals surface area contributed by atoms with Gasteiger partial charge in [-0.25, -0.2) is 14.6 Å². The summed E-state index contributed by atoms with van der Waals surface area (Å²) in [6, 6.07) is 16.7. The molecule has 15 heteroatoms. The van der Waals surface area contributed by atoms with Gasteiger partial charge in [0.15, 0.2) is 5.17 Å². The predicted octanol–water partition coefficient (Wildman–Crippen LogP) is 11.5. The number of likely N-dealkylation sites (N-methyl/N-ethyl adjacent to an activating group) is 1. The Bertz CT molecular complexity index is 2150. The van der Waals surface area contributed by atoms with Crippen LogP contribution in [0.15, 0.2) is 77.8 Å². The standard InChI is InChI=1S/C22H25F3N2O2S.C22H24F3NO2S/c1-6-27(4)21(30-5)26-19-11-14(2)18(10-15(19)3)20(28)29-13-16-8-7-9-17(12-16)22(23,24)25;1-5-26(4)20(29)12-17-9-15(3)19(10-14(17)2)21(27)28-13-16-7-6-8-18(11-16)22(23,24)25/h7-12H,6,13H2,1-5H3;6-11H,5,12-13H2,1-4H3. The minimum Gasteiger partial charge on any atom is -0.457 e. The number of benzene rings is 4. The average Bonchev–Trinajstić information content (AvgIpc) is 3.19. The molecule has 59 heavy (non-hydrogen) atoms. The van der Waals surface area contributed by atoms with Crippen molar-refractivity contribution in [3.8, 4) is 0 Å². The Hall–Kier alpha value is -4.89. The third-order valence-electron chi connectivity index (χ3n) is 9.36. The van der Waals surface area contributed by atoms with E-state index in [9.17, 15) is 35.9 Å². The molecule has 7 nitrogen and oxygen atoms in total. The Balaban J connectivity index is 0.000000316. The number of rotatable bonds is 11. The van der Waals surface area contributed by atoms with Crippen LogP contribution in [0.1, 0.15) is 84.6 Å². The number of halogens is 6. The molecule has 4 aromatic rings. The van der Waals surface area contributed by atoms with E-state index < -0.39 is 35.4 Å². The van der Waals surface area contributed by atoms with Crippen LogP contribution >= 0.6 is 24.0 Å². The minimum atomic E-state index is -4.44. The number of nitrogens with zero attached hydrogens (tertiary/aromatic N) is 3. The Kier molecular flexibility index (Phi) is 17.6. The third kappa shape index (κ3) is 14.1. The van der Waals surface area contributed by atoms with Crippen LogP contribution in [0.5, 0.6) is 0 Å². The highest BCUT2D eigenvalue weighted by Crippen LogP contribution is 2.31. The van der Waals surface area contributed by atoms with E-state index >= 15 is 0 Å². The fourth-order valence-electron chi connectivity index (χ4n) is 5.56. The molecule has 4 aromatic carbocycles. The van der Waals surface area contributed by atoms with Crippen LogP contribution in [-0.2, 0) is 41.5 Å². The summed E-state index contributed by atoms with van der Waals surface area (Å²) in [5.41, 5.74) is 4.72. The first-order valence-corrected chi connectivity index (χ1v) is 20.2. The molecule has 0 saturated heterocycles. The SMILES string of the molecule is CCN(C)C(=Nc1cc(C)c(C(=O)OCc2cccc(C(F)(F)F)c2)cc1C)SC.CCN(C)C(=S)Cc1cc(C)c(C(=O)OCc2cccc(C(F)(F)F)c2)cc1C. The van der Waals surface area contributed by atoms with E-state index in [4.69, 9.17) is 21.7 Å². The van der Waals surface area contributed by atoms with Crippen molar-refractivity contribution in [2.75, 3.05) is 33.4 Å². The van der Waals surface area contributed by atoms with Gasteiger partial charge in [-0.2, -0.15) is 26.3 Å². The van der Waals surface area contributed by atoms with Crippen LogP contribution in [0.4, 0.5) is 32.0 Å². The predicted molar refractivity (Wildman–Crippen MR) is 226 cm³/mol. The lowest BCUT2D eigenvalue weighted by Gasteiger charge is -2.19. The molecule has 0 amide bonds. The summed E-state index contributed by atoms with van der Waals surface area (Å²) in [5, 5.41) is 0.861. The van der Waals surface area contributed by atoms with Gasteiger partial charge in [0.25, 0.3) is 0 Å². The maximum atomic E-state index is 12.8. The van der Waals surface area contributed by atoms with Crippen molar-refractivity contribution < 1.29 is 45.4 Å². The Morgan fingerprint density at radius 2 is 1.14 bits per heavy atom. The molecule has 0 aliphatic rings. The molecule has 0 radical (unpaired) electrons. The van der Waals surface area contributed by atoms with E-state index in [1.54, 1.807) is 26.0 Å². The van der Waals surface area contributed by atoms with Gasteiger partial charge in [-0.15, -0.1) is 0 Å². The Morgan fingerprint density at radius 3 is 1.58 bits per heavy atom. The molecule has 0 unspecified atom stereocenters. The zero-order chi connectivity index (χ0) is 44.2. The van der Waals surface area contributed by atoms with Crippen molar-refractivity contribution in [3.05, 3.63) is 134 Å². The van der Waals surface area contributed by atoms with Gasteiger partial charge < -0.3 is 19.3 Å². The number of thiocarbonyl (C=S) groups is 1. The number of carbonyl (C=O) groups excluding carboxylic acids is 2. The van der Waals surface area contributed by atoms with Crippen LogP contribution in [0.3, 0.4) is 0 Å². The summed E-state index contributed by atoms with van der Waals surface area (Å²) in [5.74, 6) is -1.15. The van der Waals surface area contributed by atoms with E-state index in [1.807, 2.05) is 70.0 Å². The normalized spacial score (nSPS) is 11.7. The molecule has 0 bridgehead atoms. The van der Waals surface area contributed by atoms with Gasteiger partial charge in [-0.1, -0.05) is 54.3 Å². The highest BCUT2D eigenvalue weighted by molar-refractivity contribution is 8.13. The second kappa shape index (κ2) is 21.4. The number of hydrogen-bond donors (Lipinski definition) is 0. The number of thioether (sulfide) groups is 1. The van der Waals surface area contributed by atoms with Crippen LogP contribution in [-0.4, -0.2) is 65.3 Å². The van der Waals surface area contributed by atoms with E-state index in [1.165, 1.54) is 36.0 Å². The first-order valence-electron chi connectivity index (χ1n) is 18.5. The summed E-state index contributed by atoms with van der Waals surface area (Å²) in [7, 11) is 3.89. The van der Waals surface area contributed by atoms with Gasteiger partial charge in [0, 0.05) is 33.6 Å². The maximum absolute atomic E-state index is 12.8. The molecule has 0 spiro atoms. The van der Waals surface area contributed by atoms with E-state index in [2.05, 4.69) is 4.99 Å². The summed E-state index contributed by atoms with van der Waals surface area (Å²) in [4.78, 5) is 34.5. The number of aliphatic imine (C=N–C) groups is 1. The molecule has 0 fully saturated rings. The van der Waals surface area contributed by atoms with Crippen molar-refractivity contribution in [2.24, 2.45) is 4.99 Å². The summed E-state index contributed by atoms with van der Waals surface area (Å²) >= 11 is 6.97. The van der Waals surface area contributed by atoms with Gasteiger partial charge in [0.2, 0.25) is 0 Å². The van der Waals surface area contributed by atoms with E-state index in [-0.39, 0.29) is 24.3 Å². The van der Waals surface area contributed by atoms with Crippen molar-refractivity contribution in [3.63, 3.8) is 0 Å². The fraction of sp³-hybridized carbons (Fsp3) is 0.364. The first-order chi connectivity index (χ1) is 27.6. The maximum Gasteiger partial charge on any atom is 0.416 e. The minimum absolute atomic E-state index is 0.228. The monoisotopic (exact) mass is 861 g/mol. The second-order valence-electron chi connectivity index (χ2n) is 13.8. The number of alkyl halides is 6. The third-order valence-corrected chi connectivity index (χ3v) is 10.6. The molecule has 0 saturated carbocycles. The van der Waals surface area contributed by atoms with Gasteiger partial charge in [-0.3, -0.25) is 0 Å². The first kappa shape index (κ1) is 48.5. The lowest BCUT2D eigenvalue weighted by atomic mass is 9.98. The topological polar surface area (TPSA) is 71.4 Å². The summed E-state index contributed by atoms with van der Waals surface area (Å²) in [6.45, 7) is 12.6. The molecule has 0 aliphatic carbocycles. The smallest absolute Gasteiger partial charge is 0.416 e. The van der Waals surface area contributed by atoms with E-state index in [0.29, 0.717) is 23.1 Å². The van der Waals surface area contributed by atoms with Crippen molar-refractivity contribution >= 4 is 51.8 Å². The summed E-state index contributed by atoms with van der Waals surface area (Å²) in [6.07, 6.45) is -6.32. The highest BCUT2D eigenvalue weighted by atomic mass is 32.2. The van der Waals surface area contributed by atoms with E-state index in [0.717, 1.165) is 75.5 Å². The molecular formula is C44H49F6N3O4S2. The van der Waals surface area contributed by atoms with Crippen molar-refractivity contribution in [2.45, 2.75) is 73.5 Å². The Labute approximate surface area is 351 Å². The zero-order valence-corrected chi connectivity index (χ0v) is 36.2. The molecule has 0 aliphatic heterocycles. The Morgan fingerprint density at radius 1 is 0.678 bits per heavy atom. The lowest BCUT2D eigenvalue weighted by Crippen LogP contribution is -2.26. The van der Waals surface area contributed by atoms with Gasteiger partial charge in [-0.05, 0) is 129 Å². The number of amidine groups is 1. The second-order valence-corrected chi connectivity index (χ2v) is 15.0. The number of esters is 2. The van der Waals surface area contributed by atoms with Crippen molar-refractivity contribution in [1.29, 1.82) is 0 Å². The van der Waals surface area contributed by atoms with Gasteiger partial charge >= 0.3 is 24.3 Å². The number of ether oxygens (including phenoxy) is 2. The molecule has 0 aromatic heterocycles. The number of aryl methyl sites for hydroxylation is 4. The molecule has 318 valence electrons. The summed E-state index contributed by atoms with van der Waals surface area (Å²) < 4.78 is 87.4. The van der Waals surface area contributed by atoms with Crippen LogP contribution in [0, 0.1) is 27.7 Å². The average molecular weight is 862 g/mol. The van der Waals surface area contributed by atoms with Gasteiger partial charge in [0.1, 0.15) is 13.2 Å². The number of carbonyl (C=O) groups is 2. The molecule has 4 rings (SSSR count). The van der Waals surface area contributed by atoms with Gasteiger partial charge in [0.05, 0.1) is 32.9 Å². The van der Waals surface area contributed by atoms with Crippen molar-refractivity contribution in [1.82, 2.24) is 9.80 Å². The highest BCUT2D eigenvalue weighted by Gasteiger charge is 2.31. The molecule has 0 heterocycles. The molecular weight excluding hydrogens is 813 g/mol. The number of hydrogen-bond acceptors (Lipinski definition) is 7. The lowest BCUT2D eigenvalue weighted by molar-refractivity contribution is -0.138. The van der Waals surface area contributed by atoms with Crippen LogP contribution < -0.4 is 0 Å². The quantitative estimate of drug-likeness (QED) is 0.0485. The fourth-order valence-corrected chi connectivity index (χ4v) is 6.47. The van der Waals surface area contributed by atoms with Crippen LogP contribution in [0.2, 0.25) is 0 Å². The molecule has 0 N–H and O–H groups in total. The zero-order valence-electron chi connectivity index (χ0n) is 34.5.